The second-order valence-electron chi connectivity index (χ2n) is 4.81. The lowest BCUT2D eigenvalue weighted by molar-refractivity contribution is -0.241. The summed E-state index contributed by atoms with van der Waals surface area (Å²) in [6.45, 7) is 0. The molecule has 1 N–H and O–H groups in total. The average Bonchev–Trinajstić information content (AvgIpc) is 2.42. The zero-order valence-corrected chi connectivity index (χ0v) is 14.0. The normalized spacial score (nSPS) is 15.0. The predicted molar refractivity (Wildman–Crippen MR) is 66.7 cm³/mol. The summed E-state index contributed by atoms with van der Waals surface area (Å²) in [6, 6.07) is -1.50. The molecule has 1 aromatic rings. The lowest BCUT2D eigenvalue weighted by Crippen LogP contribution is -2.51. The van der Waals surface area contributed by atoms with Gasteiger partial charge >= 0.3 is 33.8 Å². The first-order valence-corrected chi connectivity index (χ1v) is 9.02. The molecule has 1 rings (SSSR count). The maximum absolute atomic E-state index is 12.9. The van der Waals surface area contributed by atoms with E-state index in [0.29, 0.717) is 0 Å². The molecule has 0 radical (unpaired) electrons. The molecule has 0 atom stereocenters. The van der Waals surface area contributed by atoms with Gasteiger partial charge in [-0.3, -0.25) is 0 Å². The molecule has 0 amide bonds. The average molecular weight is 475 g/mol. The van der Waals surface area contributed by atoms with Crippen molar-refractivity contribution in [3.63, 3.8) is 0 Å². The minimum atomic E-state index is -7.28. The Morgan fingerprint density at radius 1 is 0.714 bits per heavy atom. The van der Waals surface area contributed by atoms with Gasteiger partial charge in [0.25, 0.3) is 10.0 Å². The fourth-order valence-electron chi connectivity index (χ4n) is 1.55. The zero-order chi connectivity index (χ0) is 22.6. The fourth-order valence-corrected chi connectivity index (χ4v) is 4.54. The van der Waals surface area contributed by atoms with E-state index in [0.717, 1.165) is 0 Å². The van der Waals surface area contributed by atoms with E-state index in [1.54, 1.807) is 0 Å². The lowest BCUT2D eigenvalue weighted by atomic mass is 10.1. The van der Waals surface area contributed by atoms with E-state index < -0.39 is 72.0 Å². The van der Waals surface area contributed by atoms with Crippen molar-refractivity contribution < 1.29 is 65.1 Å². The smallest absolute Gasteiger partial charge is 0.206 e. The Hall–Kier alpha value is -1.69. The van der Waals surface area contributed by atoms with Gasteiger partial charge in [-0.05, 0) is 18.2 Å². The number of sulfonamides is 2. The van der Waals surface area contributed by atoms with Crippen LogP contribution in [0.15, 0.2) is 23.1 Å². The molecule has 28 heavy (non-hydrogen) atoms. The van der Waals surface area contributed by atoms with Crippen LogP contribution in [0.2, 0.25) is 0 Å². The second-order valence-corrected chi connectivity index (χ2v) is 8.44. The van der Waals surface area contributed by atoms with Crippen molar-refractivity contribution in [3.05, 3.63) is 29.3 Å². The summed E-state index contributed by atoms with van der Waals surface area (Å²) in [5.74, 6) is 0. The molecule has 162 valence electrons. The van der Waals surface area contributed by atoms with Crippen LogP contribution in [0, 0.1) is 0 Å². The summed E-state index contributed by atoms with van der Waals surface area (Å²) < 4.78 is 184. The molecule has 0 fully saturated rings. The van der Waals surface area contributed by atoms with Crippen molar-refractivity contribution in [1.82, 2.24) is 4.13 Å². The summed E-state index contributed by atoms with van der Waals surface area (Å²) in [7, 11) is -13.8. The van der Waals surface area contributed by atoms with E-state index in [9.17, 15) is 65.1 Å². The van der Waals surface area contributed by atoms with Gasteiger partial charge in [-0.25, -0.2) is 16.8 Å². The first-order chi connectivity index (χ1) is 12.0. The summed E-state index contributed by atoms with van der Waals surface area (Å²) in [5.41, 5.74) is -4.53. The number of hydrogen-bond acceptors (Lipinski definition) is 4. The van der Waals surface area contributed by atoms with Crippen molar-refractivity contribution in [3.8, 4) is 0 Å². The van der Waals surface area contributed by atoms with Crippen LogP contribution in [0.4, 0.5) is 48.3 Å². The molecule has 0 bridgehead atoms. The van der Waals surface area contributed by atoms with Crippen LogP contribution in [0.5, 0.6) is 0 Å². The molecular weight excluding hydrogens is 471 g/mol. The Morgan fingerprint density at radius 2 is 1.18 bits per heavy atom. The largest absolute Gasteiger partial charge is 0.471 e. The van der Waals surface area contributed by atoms with Crippen molar-refractivity contribution in [1.29, 1.82) is 0 Å². The quantitative estimate of drug-likeness (QED) is 0.677. The van der Waals surface area contributed by atoms with Crippen LogP contribution < -0.4 is 4.13 Å². The SMILES string of the molecule is O=S(=O)(NS(=O)(=O)C(F)(F)C(F)(F)F)c1cc(C(F)(F)F)ccc1C(F)(F)F. The van der Waals surface area contributed by atoms with Crippen molar-refractivity contribution in [2.45, 2.75) is 28.7 Å². The summed E-state index contributed by atoms with van der Waals surface area (Å²) >= 11 is 0. The Kier molecular flexibility index (Phi) is 5.81. The number of hydrogen-bond donors (Lipinski definition) is 1. The first kappa shape index (κ1) is 24.3. The van der Waals surface area contributed by atoms with E-state index >= 15 is 0 Å². The maximum Gasteiger partial charge on any atom is 0.471 e. The fraction of sp³-hybridized carbons (Fsp3) is 0.400. The number of halogens is 11. The van der Waals surface area contributed by atoms with Gasteiger partial charge in [0, 0.05) is 0 Å². The third-order valence-electron chi connectivity index (χ3n) is 2.79. The highest BCUT2D eigenvalue weighted by molar-refractivity contribution is 8.05. The van der Waals surface area contributed by atoms with Gasteiger partial charge in [-0.2, -0.15) is 48.3 Å². The molecule has 0 heterocycles. The van der Waals surface area contributed by atoms with Crippen LogP contribution in [0.25, 0.3) is 0 Å². The second kappa shape index (κ2) is 6.68. The summed E-state index contributed by atoms with van der Waals surface area (Å²) in [5, 5.41) is -6.80. The van der Waals surface area contributed by atoms with Crippen LogP contribution in [-0.2, 0) is 32.4 Å². The Labute approximate surface area is 148 Å². The van der Waals surface area contributed by atoms with Gasteiger partial charge in [0.15, 0.2) is 0 Å². The van der Waals surface area contributed by atoms with Gasteiger partial charge in [-0.15, -0.1) is 0 Å². The molecule has 0 spiro atoms. The topological polar surface area (TPSA) is 80.3 Å². The molecule has 0 aromatic heterocycles. The molecule has 1 aromatic carbocycles. The molecule has 5 nitrogen and oxygen atoms in total. The van der Waals surface area contributed by atoms with E-state index in [1.807, 2.05) is 0 Å². The molecular formula is C10H4F11NO4S2. The Bertz CT molecular complexity index is 959. The van der Waals surface area contributed by atoms with Gasteiger partial charge < -0.3 is 0 Å². The van der Waals surface area contributed by atoms with E-state index in [4.69, 9.17) is 0 Å². The van der Waals surface area contributed by atoms with Crippen LogP contribution in [0.3, 0.4) is 0 Å². The van der Waals surface area contributed by atoms with E-state index in [1.165, 1.54) is 0 Å². The van der Waals surface area contributed by atoms with E-state index in [-0.39, 0.29) is 10.2 Å². The number of rotatable bonds is 4. The standard InChI is InChI=1S/C10H4F11NO4S2/c11-7(12,13)4-1-2-5(8(14,15)16)6(3-4)27(23,24)22-28(25,26)10(20,21)9(17,18)19/h1-3,22H. The highest BCUT2D eigenvalue weighted by Gasteiger charge is 2.68. The van der Waals surface area contributed by atoms with E-state index in [2.05, 4.69) is 0 Å². The van der Waals surface area contributed by atoms with Crippen molar-refractivity contribution in [2.24, 2.45) is 0 Å². The molecule has 0 aliphatic rings. The summed E-state index contributed by atoms with van der Waals surface area (Å²) in [6.07, 6.45) is -18.1. The number of nitrogens with one attached hydrogen (secondary N) is 1. The molecule has 0 saturated heterocycles. The zero-order valence-electron chi connectivity index (χ0n) is 12.3. The van der Waals surface area contributed by atoms with Gasteiger partial charge in [-0.1, -0.05) is 4.13 Å². The monoisotopic (exact) mass is 475 g/mol. The van der Waals surface area contributed by atoms with Gasteiger partial charge in [0.2, 0.25) is 0 Å². The highest BCUT2D eigenvalue weighted by Crippen LogP contribution is 2.41. The van der Waals surface area contributed by atoms with Gasteiger partial charge in [0.05, 0.1) is 16.0 Å². The third kappa shape index (κ3) is 4.65. The van der Waals surface area contributed by atoms with Crippen LogP contribution >= 0.6 is 0 Å². The minimum absolute atomic E-state index is 0.263. The Morgan fingerprint density at radius 3 is 1.54 bits per heavy atom. The lowest BCUT2D eigenvalue weighted by Gasteiger charge is -2.21. The van der Waals surface area contributed by atoms with Crippen molar-refractivity contribution in [2.75, 3.05) is 0 Å². The molecule has 0 unspecified atom stereocenters. The van der Waals surface area contributed by atoms with Crippen molar-refractivity contribution >= 4 is 20.0 Å². The minimum Gasteiger partial charge on any atom is -0.206 e. The number of alkyl halides is 11. The first-order valence-electron chi connectivity index (χ1n) is 6.05. The third-order valence-corrected chi connectivity index (χ3v) is 6.37. The van der Waals surface area contributed by atoms with Crippen LogP contribution in [0.1, 0.15) is 11.1 Å². The predicted octanol–water partition coefficient (Wildman–Crippen LogP) is 3.49. The summed E-state index contributed by atoms with van der Waals surface area (Å²) in [4.78, 5) is -2.53. The maximum atomic E-state index is 12.9. The molecule has 18 heteroatoms. The molecule has 0 aliphatic heterocycles. The molecule has 0 aliphatic carbocycles. The highest BCUT2D eigenvalue weighted by atomic mass is 32.3. The van der Waals surface area contributed by atoms with Crippen LogP contribution in [-0.4, -0.2) is 28.3 Å². The molecule has 0 saturated carbocycles. The number of benzene rings is 1. The van der Waals surface area contributed by atoms with Gasteiger partial charge in [0.1, 0.15) is 0 Å². The Balaban J connectivity index is 3.69.